The second-order valence-corrected chi connectivity index (χ2v) is 13.0. The summed E-state index contributed by atoms with van der Waals surface area (Å²) in [5.74, 6) is 0. The van der Waals surface area contributed by atoms with Crippen LogP contribution in [0.3, 0.4) is 0 Å². The van der Waals surface area contributed by atoms with Crippen molar-refractivity contribution in [2.45, 2.75) is 6.17 Å². The predicted octanol–water partition coefficient (Wildman–Crippen LogP) is 11.9. The second kappa shape index (κ2) is 11.5. The Morgan fingerprint density at radius 1 is 0.400 bits per heavy atom. The molecular weight excluding hydrogens is 607 g/mol. The molecule has 1 unspecified atom stereocenters. The lowest BCUT2D eigenvalue weighted by molar-refractivity contribution is 0.580. The highest BCUT2D eigenvalue weighted by molar-refractivity contribution is 6.12. The topological polar surface area (TPSA) is 21.9 Å². The van der Waals surface area contributed by atoms with E-state index in [1.165, 1.54) is 82.7 Å². The van der Waals surface area contributed by atoms with Gasteiger partial charge in [-0.1, -0.05) is 121 Å². The van der Waals surface area contributed by atoms with Crippen LogP contribution in [0.2, 0.25) is 0 Å². The van der Waals surface area contributed by atoms with Crippen LogP contribution in [-0.4, -0.2) is 9.13 Å². The van der Waals surface area contributed by atoms with Crippen LogP contribution in [-0.2, 0) is 0 Å². The maximum Gasteiger partial charge on any atom is 0.123 e. The van der Waals surface area contributed by atoms with Crippen molar-refractivity contribution >= 4 is 49.2 Å². The van der Waals surface area contributed by atoms with Crippen molar-refractivity contribution in [3.63, 3.8) is 0 Å². The van der Waals surface area contributed by atoms with Gasteiger partial charge in [0.15, 0.2) is 0 Å². The summed E-state index contributed by atoms with van der Waals surface area (Å²) < 4.78 is 4.81. The summed E-state index contributed by atoms with van der Waals surface area (Å²) in [5.41, 5.74) is 13.3. The van der Waals surface area contributed by atoms with E-state index >= 15 is 0 Å². The van der Waals surface area contributed by atoms with E-state index in [0.717, 1.165) is 0 Å². The number of fused-ring (bicyclic) bond motifs is 6. The van der Waals surface area contributed by atoms with Crippen molar-refractivity contribution in [3.05, 3.63) is 194 Å². The molecule has 2 aromatic heterocycles. The molecule has 10 rings (SSSR count). The van der Waals surface area contributed by atoms with E-state index in [2.05, 4.69) is 203 Å². The number of aromatic nitrogens is 2. The molecule has 1 N–H and O–H groups in total. The van der Waals surface area contributed by atoms with Gasteiger partial charge in [-0.3, -0.25) is 0 Å². The number of hydrogen-bond acceptors (Lipinski definition) is 1. The van der Waals surface area contributed by atoms with E-state index in [1.54, 1.807) is 0 Å². The summed E-state index contributed by atoms with van der Waals surface area (Å²) >= 11 is 0. The molecule has 3 heteroatoms. The van der Waals surface area contributed by atoms with Crippen LogP contribution in [0.5, 0.6) is 0 Å². The highest BCUT2D eigenvalue weighted by Gasteiger charge is 2.20. The largest absolute Gasteiger partial charge is 0.368 e. The van der Waals surface area contributed by atoms with Crippen molar-refractivity contribution in [2.24, 2.45) is 0 Å². The smallest absolute Gasteiger partial charge is 0.123 e. The fourth-order valence-corrected chi connectivity index (χ4v) is 7.83. The standard InChI is InChI=1S/C47H33N3/c1-3-11-32(12-4-1)33-19-21-34(22-20-33)37-27-28-48-47(31-37)50-44-18-10-8-16-40(44)42-30-36(24-26-46(42)50)35-23-25-45-41(29-35)39-15-7-9-17-43(39)49(45)38-13-5-2-6-14-38/h1-31,47-48H. The number of hydrogen-bond donors (Lipinski definition) is 1. The summed E-state index contributed by atoms with van der Waals surface area (Å²) in [6, 6.07) is 61.4. The summed E-state index contributed by atoms with van der Waals surface area (Å²) in [5, 5.41) is 8.68. The molecule has 0 aliphatic carbocycles. The quantitative estimate of drug-likeness (QED) is 0.199. The highest BCUT2D eigenvalue weighted by atomic mass is 15.2. The molecule has 0 spiro atoms. The fourth-order valence-electron chi connectivity index (χ4n) is 7.83. The molecule has 0 saturated heterocycles. The van der Waals surface area contributed by atoms with Gasteiger partial charge < -0.3 is 14.5 Å². The Balaban J connectivity index is 1.06. The van der Waals surface area contributed by atoms with Crippen LogP contribution in [0.4, 0.5) is 0 Å². The first-order chi connectivity index (χ1) is 24.8. The molecule has 0 saturated carbocycles. The molecule has 7 aromatic carbocycles. The van der Waals surface area contributed by atoms with E-state index in [9.17, 15) is 0 Å². The van der Waals surface area contributed by atoms with E-state index in [4.69, 9.17) is 0 Å². The molecule has 0 bridgehead atoms. The normalized spacial score (nSPS) is 14.4. The van der Waals surface area contributed by atoms with Gasteiger partial charge in [-0.25, -0.2) is 0 Å². The number of para-hydroxylation sites is 3. The molecule has 0 radical (unpaired) electrons. The van der Waals surface area contributed by atoms with Crippen molar-refractivity contribution in [1.29, 1.82) is 0 Å². The number of rotatable bonds is 5. The fraction of sp³-hybridized carbons (Fsp3) is 0.0213. The summed E-state index contributed by atoms with van der Waals surface area (Å²) in [7, 11) is 0. The van der Waals surface area contributed by atoms with Crippen molar-refractivity contribution in [2.75, 3.05) is 0 Å². The van der Waals surface area contributed by atoms with E-state index in [0.29, 0.717) is 0 Å². The molecule has 1 aliphatic rings. The Morgan fingerprint density at radius 3 is 1.64 bits per heavy atom. The SMILES string of the molecule is C1=CC(c2ccc(-c3ccccc3)cc2)=CC(n2c3ccccc3c3cc(-c4ccc5c(c4)c4ccccc4n5-c4ccccc4)ccc32)N1. The first-order valence-corrected chi connectivity index (χ1v) is 17.2. The van der Waals surface area contributed by atoms with Crippen LogP contribution in [0.1, 0.15) is 11.7 Å². The van der Waals surface area contributed by atoms with Gasteiger partial charge in [0, 0.05) is 27.2 Å². The first kappa shape index (κ1) is 28.4. The lowest BCUT2D eigenvalue weighted by Crippen LogP contribution is -2.22. The summed E-state index contributed by atoms with van der Waals surface area (Å²) in [6.45, 7) is 0. The van der Waals surface area contributed by atoms with E-state index in [-0.39, 0.29) is 6.17 Å². The zero-order chi connectivity index (χ0) is 33.0. The monoisotopic (exact) mass is 639 g/mol. The van der Waals surface area contributed by atoms with Gasteiger partial charge in [-0.2, -0.15) is 0 Å². The van der Waals surface area contributed by atoms with Gasteiger partial charge in [0.05, 0.1) is 22.1 Å². The Morgan fingerprint density at radius 2 is 0.900 bits per heavy atom. The zero-order valence-electron chi connectivity index (χ0n) is 27.4. The van der Waals surface area contributed by atoms with E-state index in [1.807, 2.05) is 0 Å². The molecule has 0 amide bonds. The third kappa shape index (κ3) is 4.59. The maximum atomic E-state index is 3.65. The maximum absolute atomic E-state index is 3.65. The van der Waals surface area contributed by atoms with Crippen LogP contribution < -0.4 is 5.32 Å². The summed E-state index contributed by atoms with van der Waals surface area (Å²) in [4.78, 5) is 0. The van der Waals surface area contributed by atoms with Gasteiger partial charge >= 0.3 is 0 Å². The minimum atomic E-state index is -0.0301. The number of nitrogens with one attached hydrogen (secondary N) is 1. The van der Waals surface area contributed by atoms with Crippen molar-refractivity contribution in [3.8, 4) is 27.9 Å². The minimum absolute atomic E-state index is 0.0301. The molecule has 50 heavy (non-hydrogen) atoms. The van der Waals surface area contributed by atoms with Crippen LogP contribution >= 0.6 is 0 Å². The number of nitrogens with zero attached hydrogens (tertiary/aromatic N) is 2. The molecule has 1 aliphatic heterocycles. The number of dihydropyridines is 1. The van der Waals surface area contributed by atoms with Gasteiger partial charge in [0.25, 0.3) is 0 Å². The molecule has 1 atom stereocenters. The molecular formula is C47H33N3. The average molecular weight is 640 g/mol. The zero-order valence-corrected chi connectivity index (χ0v) is 27.4. The highest BCUT2D eigenvalue weighted by Crippen LogP contribution is 2.39. The van der Waals surface area contributed by atoms with Crippen LogP contribution in [0.15, 0.2) is 188 Å². The van der Waals surface area contributed by atoms with Crippen molar-refractivity contribution in [1.82, 2.24) is 14.5 Å². The van der Waals surface area contributed by atoms with Crippen LogP contribution in [0.25, 0.3) is 77.1 Å². The lowest BCUT2D eigenvalue weighted by atomic mass is 9.99. The lowest BCUT2D eigenvalue weighted by Gasteiger charge is -2.23. The minimum Gasteiger partial charge on any atom is -0.368 e. The third-order valence-electron chi connectivity index (χ3n) is 10.2. The Hall–Kier alpha value is -6.58. The van der Waals surface area contributed by atoms with Gasteiger partial charge in [-0.15, -0.1) is 0 Å². The number of benzene rings is 7. The second-order valence-electron chi connectivity index (χ2n) is 13.0. The Labute approximate surface area is 290 Å². The first-order valence-electron chi connectivity index (χ1n) is 17.2. The van der Waals surface area contributed by atoms with Gasteiger partial charge in [0.1, 0.15) is 6.17 Å². The molecule has 0 fully saturated rings. The molecule has 3 nitrogen and oxygen atoms in total. The molecule has 9 aromatic rings. The van der Waals surface area contributed by atoms with Gasteiger partial charge in [-0.05, 0) is 100 Å². The van der Waals surface area contributed by atoms with Crippen molar-refractivity contribution < 1.29 is 0 Å². The molecule has 236 valence electrons. The third-order valence-corrected chi connectivity index (χ3v) is 10.2. The predicted molar refractivity (Wildman–Crippen MR) is 210 cm³/mol. The molecule has 3 heterocycles. The van der Waals surface area contributed by atoms with E-state index < -0.39 is 0 Å². The average Bonchev–Trinajstić information content (AvgIpc) is 3.71. The van der Waals surface area contributed by atoms with Gasteiger partial charge in [0.2, 0.25) is 0 Å². The Kier molecular flexibility index (Phi) is 6.56. The van der Waals surface area contributed by atoms with Crippen LogP contribution in [0, 0.1) is 0 Å². The number of allylic oxidation sites excluding steroid dienone is 2. The summed E-state index contributed by atoms with van der Waals surface area (Å²) in [6.07, 6.45) is 6.57. The Bertz CT molecular complexity index is 2760.